The maximum absolute atomic E-state index is 9.74. The lowest BCUT2D eigenvalue weighted by Gasteiger charge is -2.15. The zero-order valence-electron chi connectivity index (χ0n) is 30.1. The highest BCUT2D eigenvalue weighted by molar-refractivity contribution is 6.12. The number of nitrogens with zero attached hydrogens (tertiary/aromatic N) is 11. The first-order valence-electron chi connectivity index (χ1n) is 17.1. The third kappa shape index (κ3) is 6.25. The molecule has 3 aromatic heterocycles. The summed E-state index contributed by atoms with van der Waals surface area (Å²) < 4.78 is 2.17. The predicted molar refractivity (Wildman–Crippen MR) is 210 cm³/mol. The normalized spacial score (nSPS) is 10.8. The van der Waals surface area contributed by atoms with Crippen LogP contribution >= 0.6 is 0 Å². The summed E-state index contributed by atoms with van der Waals surface area (Å²) in [5.74, 6) is 3.42. The van der Waals surface area contributed by atoms with Gasteiger partial charge in [-0.25, -0.2) is 39.6 Å². The van der Waals surface area contributed by atoms with E-state index < -0.39 is 0 Å². The summed E-state index contributed by atoms with van der Waals surface area (Å²) in [6.45, 7) is 22.6. The lowest BCUT2D eigenvalue weighted by molar-refractivity contribution is 0.924. The summed E-state index contributed by atoms with van der Waals surface area (Å²) >= 11 is 0. The van der Waals surface area contributed by atoms with Gasteiger partial charge >= 0.3 is 0 Å². The SMILES string of the molecule is [C-]#[N+]c1cc(C#N)cc(-c2ccc3c(c2)c2cc(-c4cc(C#N)cc([N+]#[C-])c4)ccc2n3-c2ccc(-c3nc(C)nc(C)n3)cc2-c2nc(C)nc(C)n2)c1. The molecule has 0 saturated carbocycles. The molecule has 11 nitrogen and oxygen atoms in total. The van der Waals surface area contributed by atoms with Gasteiger partial charge in [0.25, 0.3) is 0 Å². The van der Waals surface area contributed by atoms with Crippen molar-refractivity contribution in [3.63, 3.8) is 0 Å². The summed E-state index contributed by atoms with van der Waals surface area (Å²) in [5, 5.41) is 21.3. The lowest BCUT2D eigenvalue weighted by atomic mass is 9.98. The molecular formula is C44H27N11. The second-order valence-electron chi connectivity index (χ2n) is 13.0. The van der Waals surface area contributed by atoms with Crippen LogP contribution in [0.1, 0.15) is 34.4 Å². The second-order valence-corrected chi connectivity index (χ2v) is 13.0. The van der Waals surface area contributed by atoms with Gasteiger partial charge < -0.3 is 4.57 Å². The van der Waals surface area contributed by atoms with Crippen molar-refractivity contribution in [2.75, 3.05) is 0 Å². The summed E-state index contributed by atoms with van der Waals surface area (Å²) in [5.41, 5.74) is 8.80. The highest BCUT2D eigenvalue weighted by Gasteiger charge is 2.21. The smallest absolute Gasteiger partial charge is 0.189 e. The molecule has 0 saturated heterocycles. The standard InChI is InChI=1S/C44H27N11/c1-24-49-25(2)52-43(51-24)32-9-12-42(39(21-32)44-53-26(3)50-27(4)54-44)55-40-10-7-30(33-13-28(22-45)15-35(17-33)47-5)19-37(40)38-20-31(8-11-41(38)55)34-14-29(23-46)16-36(18-34)48-6/h7-21H,1-4H3. The first-order chi connectivity index (χ1) is 26.6. The van der Waals surface area contributed by atoms with E-state index in [1.54, 1.807) is 36.4 Å². The Hall–Kier alpha value is -8.12. The molecule has 55 heavy (non-hydrogen) atoms. The number of nitriles is 2. The van der Waals surface area contributed by atoms with Crippen LogP contribution in [0.3, 0.4) is 0 Å². The Morgan fingerprint density at radius 2 is 0.945 bits per heavy atom. The van der Waals surface area contributed by atoms with Crippen LogP contribution in [0.15, 0.2) is 91.0 Å². The van der Waals surface area contributed by atoms with Gasteiger partial charge in [-0.05, 0) is 129 Å². The van der Waals surface area contributed by atoms with E-state index in [1.807, 2.05) is 70.2 Å². The Bertz CT molecular complexity index is 2860. The maximum Gasteiger partial charge on any atom is 0.189 e. The van der Waals surface area contributed by atoms with Gasteiger partial charge in [0.05, 0.1) is 42.0 Å². The molecule has 0 amide bonds. The highest BCUT2D eigenvalue weighted by Crippen LogP contribution is 2.41. The van der Waals surface area contributed by atoms with E-state index in [0.29, 0.717) is 57.4 Å². The Morgan fingerprint density at radius 1 is 0.491 bits per heavy atom. The third-order valence-electron chi connectivity index (χ3n) is 9.24. The van der Waals surface area contributed by atoms with Crippen LogP contribution in [-0.2, 0) is 0 Å². The van der Waals surface area contributed by atoms with Crippen molar-refractivity contribution in [3.8, 4) is 62.9 Å². The average molecular weight is 710 g/mol. The molecular weight excluding hydrogens is 683 g/mol. The van der Waals surface area contributed by atoms with Crippen molar-refractivity contribution in [2.24, 2.45) is 0 Å². The third-order valence-corrected chi connectivity index (χ3v) is 9.24. The molecule has 258 valence electrons. The molecule has 0 atom stereocenters. The van der Waals surface area contributed by atoms with Gasteiger partial charge in [-0.3, -0.25) is 0 Å². The molecule has 8 rings (SSSR count). The molecule has 0 aliphatic heterocycles. The van der Waals surface area contributed by atoms with Gasteiger partial charge in [0.2, 0.25) is 0 Å². The number of fused-ring (bicyclic) bond motifs is 3. The monoisotopic (exact) mass is 709 g/mol. The van der Waals surface area contributed by atoms with E-state index in [9.17, 15) is 10.5 Å². The van der Waals surface area contributed by atoms with Gasteiger partial charge in [0, 0.05) is 33.0 Å². The first kappa shape index (κ1) is 34.0. The van der Waals surface area contributed by atoms with Crippen LogP contribution in [0.25, 0.3) is 82.2 Å². The quantitative estimate of drug-likeness (QED) is 0.161. The van der Waals surface area contributed by atoms with Crippen LogP contribution in [0.5, 0.6) is 0 Å². The van der Waals surface area contributed by atoms with E-state index in [0.717, 1.165) is 60.9 Å². The molecule has 0 N–H and O–H groups in total. The lowest BCUT2D eigenvalue weighted by Crippen LogP contribution is -2.04. The minimum Gasteiger partial charge on any atom is -0.308 e. The van der Waals surface area contributed by atoms with Gasteiger partial charge in [-0.1, -0.05) is 12.1 Å². The van der Waals surface area contributed by atoms with Crippen molar-refractivity contribution in [2.45, 2.75) is 27.7 Å². The summed E-state index contributed by atoms with van der Waals surface area (Å²) in [6, 6.07) is 32.8. The Balaban J connectivity index is 1.45. The van der Waals surface area contributed by atoms with Gasteiger partial charge in [-0.2, -0.15) is 10.5 Å². The van der Waals surface area contributed by atoms with E-state index in [2.05, 4.69) is 58.5 Å². The maximum atomic E-state index is 9.74. The van der Waals surface area contributed by atoms with Crippen molar-refractivity contribution >= 4 is 33.2 Å². The average Bonchev–Trinajstić information content (AvgIpc) is 3.52. The number of aryl methyl sites for hydroxylation is 4. The van der Waals surface area contributed by atoms with Crippen molar-refractivity contribution in [1.82, 2.24) is 34.5 Å². The molecule has 8 aromatic rings. The minimum absolute atomic E-state index is 0.378. The second kappa shape index (κ2) is 13.5. The molecule has 0 aliphatic carbocycles. The van der Waals surface area contributed by atoms with E-state index in [1.165, 1.54) is 0 Å². The Labute approximate surface area is 316 Å². The number of aromatic nitrogens is 7. The topological polar surface area (TPSA) is 139 Å². The van der Waals surface area contributed by atoms with Crippen LogP contribution in [-0.4, -0.2) is 34.5 Å². The van der Waals surface area contributed by atoms with E-state index in [-0.39, 0.29) is 0 Å². The molecule has 0 bridgehead atoms. The molecule has 0 aliphatic rings. The zero-order valence-corrected chi connectivity index (χ0v) is 30.1. The Kier molecular flexibility index (Phi) is 8.31. The van der Waals surface area contributed by atoms with Gasteiger partial charge in [0.15, 0.2) is 23.0 Å². The zero-order chi connectivity index (χ0) is 38.4. The molecule has 11 heteroatoms. The Morgan fingerprint density at radius 3 is 1.40 bits per heavy atom. The fourth-order valence-corrected chi connectivity index (χ4v) is 6.99. The highest BCUT2D eigenvalue weighted by atomic mass is 15.0. The van der Waals surface area contributed by atoms with E-state index in [4.69, 9.17) is 23.1 Å². The van der Waals surface area contributed by atoms with Gasteiger partial charge in [-0.15, -0.1) is 0 Å². The fraction of sp³-hybridized carbons (Fsp3) is 0.0909. The first-order valence-corrected chi connectivity index (χ1v) is 17.1. The molecule has 3 heterocycles. The largest absolute Gasteiger partial charge is 0.308 e. The summed E-state index contributed by atoms with van der Waals surface area (Å²) in [7, 11) is 0. The minimum atomic E-state index is 0.378. The van der Waals surface area contributed by atoms with E-state index >= 15 is 0 Å². The number of benzene rings is 5. The van der Waals surface area contributed by atoms with Crippen molar-refractivity contribution in [1.29, 1.82) is 10.5 Å². The van der Waals surface area contributed by atoms with Crippen LogP contribution in [0.2, 0.25) is 0 Å². The summed E-state index contributed by atoms with van der Waals surface area (Å²) in [6.07, 6.45) is 0. The number of hydrogen-bond donors (Lipinski definition) is 0. The summed E-state index contributed by atoms with van der Waals surface area (Å²) in [4.78, 5) is 34.9. The van der Waals surface area contributed by atoms with Crippen LogP contribution < -0.4 is 0 Å². The molecule has 0 spiro atoms. The van der Waals surface area contributed by atoms with Gasteiger partial charge in [0.1, 0.15) is 23.3 Å². The molecule has 0 radical (unpaired) electrons. The van der Waals surface area contributed by atoms with Crippen LogP contribution in [0.4, 0.5) is 11.4 Å². The van der Waals surface area contributed by atoms with Crippen molar-refractivity contribution < 1.29 is 0 Å². The van der Waals surface area contributed by atoms with Crippen LogP contribution in [0, 0.1) is 63.5 Å². The molecule has 5 aromatic carbocycles. The number of hydrogen-bond acceptors (Lipinski definition) is 8. The molecule has 0 unspecified atom stereocenters. The van der Waals surface area contributed by atoms with Crippen molar-refractivity contribution in [3.05, 3.63) is 148 Å². The fourth-order valence-electron chi connectivity index (χ4n) is 6.99. The molecule has 0 fully saturated rings. The number of rotatable bonds is 5. The predicted octanol–water partition coefficient (Wildman–Crippen LogP) is 9.90.